The minimum absolute atomic E-state index is 0.150. The van der Waals surface area contributed by atoms with Crippen LogP contribution in [0.2, 0.25) is 0 Å². The molecule has 1 aliphatic heterocycles. The van der Waals surface area contributed by atoms with Gasteiger partial charge in [-0.15, -0.1) is 0 Å². The number of aromatic nitrogens is 1. The van der Waals surface area contributed by atoms with E-state index >= 15 is 0 Å². The van der Waals surface area contributed by atoms with Crippen molar-refractivity contribution >= 4 is 17.7 Å². The number of carbonyl (C=O) groups is 1. The number of thioether (sulfide) groups is 1. The number of nitrogens with one attached hydrogen (secondary N) is 2. The van der Waals surface area contributed by atoms with Crippen molar-refractivity contribution < 1.29 is 4.79 Å². The molecule has 4 nitrogen and oxygen atoms in total. The second-order valence-corrected chi connectivity index (χ2v) is 5.03. The lowest BCUT2D eigenvalue weighted by Crippen LogP contribution is -2.37. The van der Waals surface area contributed by atoms with Crippen LogP contribution in [0.25, 0.3) is 0 Å². The van der Waals surface area contributed by atoms with Crippen LogP contribution in [0.15, 0.2) is 23.1 Å². The maximum Gasteiger partial charge on any atom is 0.251 e. The number of hydrogen-bond donors (Lipinski definition) is 2. The number of amides is 1. The van der Waals surface area contributed by atoms with Crippen LogP contribution in [-0.4, -0.2) is 28.4 Å². The Labute approximate surface area is 97.8 Å². The summed E-state index contributed by atoms with van der Waals surface area (Å²) in [6.07, 6.45) is 3.52. The molecular weight excluding hydrogens is 224 g/mol. The molecule has 0 saturated carbocycles. The zero-order chi connectivity index (χ0) is 11.4. The molecule has 2 rings (SSSR count). The number of aromatic amines is 1. The first-order valence-electron chi connectivity index (χ1n) is 5.33. The van der Waals surface area contributed by atoms with E-state index in [1.807, 2.05) is 11.8 Å². The van der Waals surface area contributed by atoms with Crippen molar-refractivity contribution in [2.45, 2.75) is 18.9 Å². The van der Waals surface area contributed by atoms with Crippen LogP contribution in [0, 0.1) is 0 Å². The first-order chi connectivity index (χ1) is 7.75. The highest BCUT2D eigenvalue weighted by Gasteiger charge is 2.16. The molecule has 1 aromatic heterocycles. The molecule has 1 fully saturated rings. The number of hydrogen-bond acceptors (Lipinski definition) is 3. The van der Waals surface area contributed by atoms with Crippen LogP contribution in [-0.2, 0) is 0 Å². The summed E-state index contributed by atoms with van der Waals surface area (Å²) in [6.45, 7) is 0. The third-order valence-electron chi connectivity index (χ3n) is 2.59. The van der Waals surface area contributed by atoms with Crippen molar-refractivity contribution in [1.29, 1.82) is 0 Å². The molecular formula is C11H14N2O2S. The summed E-state index contributed by atoms with van der Waals surface area (Å²) in [5, 5.41) is 2.96. The van der Waals surface area contributed by atoms with Gasteiger partial charge in [0.15, 0.2) is 0 Å². The van der Waals surface area contributed by atoms with Crippen molar-refractivity contribution in [3.05, 3.63) is 34.2 Å². The Morgan fingerprint density at radius 2 is 2.19 bits per heavy atom. The van der Waals surface area contributed by atoms with Crippen molar-refractivity contribution in [2.75, 3.05) is 11.5 Å². The second-order valence-electron chi connectivity index (χ2n) is 3.80. The van der Waals surface area contributed by atoms with E-state index in [4.69, 9.17) is 0 Å². The van der Waals surface area contributed by atoms with Crippen molar-refractivity contribution in [3.63, 3.8) is 0 Å². The van der Waals surface area contributed by atoms with Crippen LogP contribution < -0.4 is 10.9 Å². The lowest BCUT2D eigenvalue weighted by Gasteiger charge is -2.22. The molecule has 0 bridgehead atoms. The topological polar surface area (TPSA) is 62.0 Å². The minimum atomic E-state index is -0.244. The molecule has 0 atom stereocenters. The van der Waals surface area contributed by atoms with Gasteiger partial charge in [-0.25, -0.2) is 0 Å². The van der Waals surface area contributed by atoms with Crippen LogP contribution in [0.4, 0.5) is 0 Å². The van der Waals surface area contributed by atoms with E-state index in [0.717, 1.165) is 24.3 Å². The van der Waals surface area contributed by atoms with Gasteiger partial charge in [0.25, 0.3) is 5.91 Å². The zero-order valence-electron chi connectivity index (χ0n) is 8.86. The molecule has 0 spiro atoms. The maximum absolute atomic E-state index is 11.8. The Morgan fingerprint density at radius 3 is 2.88 bits per heavy atom. The predicted octanol–water partition coefficient (Wildman–Crippen LogP) is 1.00. The maximum atomic E-state index is 11.8. The third-order valence-corrected chi connectivity index (χ3v) is 3.64. The summed E-state index contributed by atoms with van der Waals surface area (Å²) in [5.41, 5.74) is 0.189. The van der Waals surface area contributed by atoms with E-state index in [0.29, 0.717) is 5.56 Å². The first-order valence-corrected chi connectivity index (χ1v) is 6.48. The van der Waals surface area contributed by atoms with Crippen molar-refractivity contribution in [1.82, 2.24) is 10.3 Å². The smallest absolute Gasteiger partial charge is 0.251 e. The second kappa shape index (κ2) is 5.21. The average Bonchev–Trinajstić information content (AvgIpc) is 2.30. The summed E-state index contributed by atoms with van der Waals surface area (Å²) in [5.74, 6) is 2.05. The molecule has 0 aromatic carbocycles. The van der Waals surface area contributed by atoms with E-state index in [2.05, 4.69) is 10.3 Å². The number of H-pyrrole nitrogens is 1. The molecule has 1 aromatic rings. The standard InChI is InChI=1S/C11H14N2O2S/c14-10-7-8(1-4-12-10)11(15)13-9-2-5-16-6-3-9/h1,4,7,9H,2-3,5-6H2,(H,12,14)(H,13,15). The summed E-state index contributed by atoms with van der Waals surface area (Å²) >= 11 is 1.92. The van der Waals surface area contributed by atoms with Gasteiger partial charge < -0.3 is 10.3 Å². The summed E-state index contributed by atoms with van der Waals surface area (Å²) in [6, 6.07) is 3.20. The zero-order valence-corrected chi connectivity index (χ0v) is 9.68. The molecule has 0 unspecified atom stereocenters. The fourth-order valence-electron chi connectivity index (χ4n) is 1.70. The summed E-state index contributed by atoms with van der Waals surface area (Å²) < 4.78 is 0. The minimum Gasteiger partial charge on any atom is -0.349 e. The van der Waals surface area contributed by atoms with Gasteiger partial charge in [0, 0.05) is 23.9 Å². The largest absolute Gasteiger partial charge is 0.349 e. The highest BCUT2D eigenvalue weighted by atomic mass is 32.2. The molecule has 2 N–H and O–H groups in total. The number of pyridine rings is 1. The summed E-state index contributed by atoms with van der Waals surface area (Å²) in [4.78, 5) is 25.3. The van der Waals surface area contributed by atoms with Gasteiger partial charge in [0.1, 0.15) is 0 Å². The fourth-order valence-corrected chi connectivity index (χ4v) is 2.80. The molecule has 1 saturated heterocycles. The van der Waals surface area contributed by atoms with Gasteiger partial charge in [-0.3, -0.25) is 9.59 Å². The summed E-state index contributed by atoms with van der Waals surface area (Å²) in [7, 11) is 0. The predicted molar refractivity (Wildman–Crippen MR) is 64.9 cm³/mol. The van der Waals surface area contributed by atoms with E-state index in [1.165, 1.54) is 12.3 Å². The van der Waals surface area contributed by atoms with Crippen molar-refractivity contribution in [2.24, 2.45) is 0 Å². The van der Waals surface area contributed by atoms with Gasteiger partial charge >= 0.3 is 0 Å². The number of rotatable bonds is 2. The van der Waals surface area contributed by atoms with Gasteiger partial charge in [-0.05, 0) is 30.4 Å². The fraction of sp³-hybridized carbons (Fsp3) is 0.455. The first kappa shape index (κ1) is 11.3. The highest BCUT2D eigenvalue weighted by Crippen LogP contribution is 2.17. The normalized spacial score (nSPS) is 17.0. The molecule has 2 heterocycles. The van der Waals surface area contributed by atoms with Crippen LogP contribution >= 0.6 is 11.8 Å². The van der Waals surface area contributed by atoms with E-state index in [-0.39, 0.29) is 17.5 Å². The van der Waals surface area contributed by atoms with E-state index in [1.54, 1.807) is 6.07 Å². The Bertz CT molecular complexity index is 424. The SMILES string of the molecule is O=C(NC1CCSCC1)c1cc[nH]c(=O)c1. The Hall–Kier alpha value is -1.23. The third kappa shape index (κ3) is 2.88. The van der Waals surface area contributed by atoms with Crippen LogP contribution in [0.3, 0.4) is 0 Å². The monoisotopic (exact) mass is 238 g/mol. The molecule has 1 aliphatic rings. The lowest BCUT2D eigenvalue weighted by molar-refractivity contribution is 0.0934. The van der Waals surface area contributed by atoms with E-state index in [9.17, 15) is 9.59 Å². The molecule has 86 valence electrons. The Morgan fingerprint density at radius 1 is 1.44 bits per heavy atom. The van der Waals surface area contributed by atoms with Gasteiger partial charge in [0.2, 0.25) is 5.56 Å². The quantitative estimate of drug-likeness (QED) is 0.808. The van der Waals surface area contributed by atoms with Gasteiger partial charge in [-0.2, -0.15) is 11.8 Å². The van der Waals surface area contributed by atoms with Crippen molar-refractivity contribution in [3.8, 4) is 0 Å². The highest BCUT2D eigenvalue weighted by molar-refractivity contribution is 7.99. The lowest BCUT2D eigenvalue weighted by atomic mass is 10.1. The average molecular weight is 238 g/mol. The Kier molecular flexibility index (Phi) is 3.66. The molecule has 5 heteroatoms. The van der Waals surface area contributed by atoms with Gasteiger partial charge in [-0.1, -0.05) is 0 Å². The Balaban J connectivity index is 1.99. The van der Waals surface area contributed by atoms with E-state index < -0.39 is 0 Å². The number of carbonyl (C=O) groups excluding carboxylic acids is 1. The van der Waals surface area contributed by atoms with Gasteiger partial charge in [0.05, 0.1) is 0 Å². The molecule has 0 aliphatic carbocycles. The van der Waals surface area contributed by atoms with Crippen LogP contribution in [0.1, 0.15) is 23.2 Å². The molecule has 1 amide bonds. The van der Waals surface area contributed by atoms with Crippen LogP contribution in [0.5, 0.6) is 0 Å². The molecule has 16 heavy (non-hydrogen) atoms. The molecule has 0 radical (unpaired) electrons.